The highest BCUT2D eigenvalue weighted by atomic mass is 32.1. The fraction of sp³-hybridized carbons (Fsp3) is 0.312. The Kier molecular flexibility index (Phi) is 5.75. The first-order valence-corrected chi connectivity index (χ1v) is 8.02. The van der Waals surface area contributed by atoms with Crippen molar-refractivity contribution in [2.24, 2.45) is 0 Å². The first-order valence-electron chi connectivity index (χ1n) is 7.14. The molecule has 2 aromatic rings. The van der Waals surface area contributed by atoms with Gasteiger partial charge in [0.25, 0.3) is 0 Å². The van der Waals surface area contributed by atoms with Gasteiger partial charge in [0.2, 0.25) is 5.91 Å². The summed E-state index contributed by atoms with van der Waals surface area (Å²) in [4.78, 5) is 27.0. The summed E-state index contributed by atoms with van der Waals surface area (Å²) in [7, 11) is 3.11. The number of amides is 1. The number of methoxy groups -OCH3 is 2. The largest absolute Gasteiger partial charge is 0.493 e. The average molecular weight is 350 g/mol. The summed E-state index contributed by atoms with van der Waals surface area (Å²) in [5, 5.41) is 13.7. The van der Waals surface area contributed by atoms with Crippen LogP contribution in [-0.4, -0.2) is 42.2 Å². The van der Waals surface area contributed by atoms with Gasteiger partial charge in [-0.15, -0.1) is 11.3 Å². The molecule has 0 fully saturated rings. The molecule has 0 aliphatic rings. The van der Waals surface area contributed by atoms with E-state index in [1.807, 2.05) is 12.1 Å². The van der Waals surface area contributed by atoms with Gasteiger partial charge in [-0.1, -0.05) is 6.07 Å². The van der Waals surface area contributed by atoms with Gasteiger partial charge >= 0.3 is 5.97 Å². The Morgan fingerprint density at radius 1 is 1.33 bits per heavy atom. The maximum atomic E-state index is 11.8. The topological polar surface area (TPSA) is 97.8 Å². The number of hydrogen-bond donors (Lipinski definition) is 2. The minimum Gasteiger partial charge on any atom is -0.493 e. The SMILES string of the molecule is COc1cccc(-c2nc(CC(=O)N[C@@H](C)C(=O)O)cs2)c1OC. The maximum Gasteiger partial charge on any atom is 0.325 e. The van der Waals surface area contributed by atoms with E-state index in [1.165, 1.54) is 18.3 Å². The van der Waals surface area contributed by atoms with E-state index in [1.54, 1.807) is 25.7 Å². The second-order valence-electron chi connectivity index (χ2n) is 4.99. The lowest BCUT2D eigenvalue weighted by molar-refractivity contribution is -0.141. The van der Waals surface area contributed by atoms with Crippen molar-refractivity contribution >= 4 is 23.2 Å². The Hall–Kier alpha value is -2.61. The third-order valence-corrected chi connectivity index (χ3v) is 4.20. The van der Waals surface area contributed by atoms with Crippen LogP contribution in [0.25, 0.3) is 10.6 Å². The number of ether oxygens (including phenoxy) is 2. The summed E-state index contributed by atoms with van der Waals surface area (Å²) in [6.45, 7) is 1.41. The molecule has 0 spiro atoms. The van der Waals surface area contributed by atoms with E-state index in [-0.39, 0.29) is 12.3 Å². The quantitative estimate of drug-likeness (QED) is 0.792. The zero-order valence-electron chi connectivity index (χ0n) is 13.5. The Morgan fingerprint density at radius 3 is 2.71 bits per heavy atom. The molecule has 1 aromatic carbocycles. The van der Waals surface area contributed by atoms with Crippen LogP contribution >= 0.6 is 11.3 Å². The first kappa shape index (κ1) is 17.7. The van der Waals surface area contributed by atoms with E-state index in [4.69, 9.17) is 14.6 Å². The fourth-order valence-corrected chi connectivity index (χ4v) is 2.93. The zero-order chi connectivity index (χ0) is 17.7. The number of aromatic nitrogens is 1. The number of hydrogen-bond acceptors (Lipinski definition) is 6. The predicted molar refractivity (Wildman–Crippen MR) is 89.6 cm³/mol. The highest BCUT2D eigenvalue weighted by molar-refractivity contribution is 7.13. The number of carbonyl (C=O) groups is 2. The van der Waals surface area contributed by atoms with E-state index >= 15 is 0 Å². The molecule has 128 valence electrons. The molecule has 1 atom stereocenters. The highest BCUT2D eigenvalue weighted by Crippen LogP contribution is 2.38. The van der Waals surface area contributed by atoms with Gasteiger partial charge in [-0.05, 0) is 19.1 Å². The maximum absolute atomic E-state index is 11.8. The van der Waals surface area contributed by atoms with Gasteiger partial charge in [-0.25, -0.2) is 4.98 Å². The Balaban J connectivity index is 2.17. The van der Waals surface area contributed by atoms with Crippen LogP contribution in [0.1, 0.15) is 12.6 Å². The van der Waals surface area contributed by atoms with Crippen molar-refractivity contribution in [1.82, 2.24) is 10.3 Å². The Bertz CT molecular complexity index is 744. The van der Waals surface area contributed by atoms with Crippen LogP contribution in [0, 0.1) is 0 Å². The van der Waals surface area contributed by atoms with Gasteiger partial charge in [0.1, 0.15) is 11.0 Å². The van der Waals surface area contributed by atoms with Crippen molar-refractivity contribution in [2.45, 2.75) is 19.4 Å². The molecule has 1 heterocycles. The number of nitrogens with one attached hydrogen (secondary N) is 1. The Labute approximate surface area is 143 Å². The van der Waals surface area contributed by atoms with Crippen LogP contribution in [0.3, 0.4) is 0 Å². The molecule has 2 rings (SSSR count). The highest BCUT2D eigenvalue weighted by Gasteiger charge is 2.17. The summed E-state index contributed by atoms with van der Waals surface area (Å²) in [6, 6.07) is 4.54. The standard InChI is InChI=1S/C16H18N2O5S/c1-9(16(20)21)17-13(19)7-10-8-24-15(18-10)11-5-4-6-12(22-2)14(11)23-3/h4-6,8-9H,7H2,1-3H3,(H,17,19)(H,20,21)/t9-/m0/s1. The molecule has 0 aliphatic carbocycles. The van der Waals surface area contributed by atoms with E-state index in [2.05, 4.69) is 10.3 Å². The smallest absolute Gasteiger partial charge is 0.325 e. The molecule has 1 amide bonds. The predicted octanol–water partition coefficient (Wildman–Crippen LogP) is 1.96. The van der Waals surface area contributed by atoms with E-state index in [0.717, 1.165) is 5.56 Å². The number of benzene rings is 1. The molecule has 0 radical (unpaired) electrons. The lowest BCUT2D eigenvalue weighted by atomic mass is 10.2. The number of carboxylic acids is 1. The van der Waals surface area contributed by atoms with Crippen molar-refractivity contribution in [3.05, 3.63) is 29.3 Å². The van der Waals surface area contributed by atoms with Crippen molar-refractivity contribution in [3.63, 3.8) is 0 Å². The molecule has 0 saturated carbocycles. The lowest BCUT2D eigenvalue weighted by Gasteiger charge is -2.10. The van der Waals surface area contributed by atoms with Crippen LogP contribution in [0.4, 0.5) is 0 Å². The summed E-state index contributed by atoms with van der Waals surface area (Å²) in [5.41, 5.74) is 1.34. The third-order valence-electron chi connectivity index (χ3n) is 3.27. The van der Waals surface area contributed by atoms with Gasteiger partial charge in [-0.3, -0.25) is 9.59 Å². The van der Waals surface area contributed by atoms with Gasteiger partial charge in [0.05, 0.1) is 31.9 Å². The monoisotopic (exact) mass is 350 g/mol. The van der Waals surface area contributed by atoms with Crippen molar-refractivity contribution in [1.29, 1.82) is 0 Å². The third kappa shape index (κ3) is 4.02. The molecule has 0 unspecified atom stereocenters. The fourth-order valence-electron chi connectivity index (χ4n) is 2.09. The van der Waals surface area contributed by atoms with Crippen LogP contribution in [0.5, 0.6) is 11.5 Å². The normalized spacial score (nSPS) is 11.6. The van der Waals surface area contributed by atoms with Crippen LogP contribution in [-0.2, 0) is 16.0 Å². The van der Waals surface area contributed by atoms with E-state index in [9.17, 15) is 9.59 Å². The molecular formula is C16H18N2O5S. The average Bonchev–Trinajstić information content (AvgIpc) is 3.01. The number of thiazole rings is 1. The summed E-state index contributed by atoms with van der Waals surface area (Å²) in [6.07, 6.45) is 0.0143. The second-order valence-corrected chi connectivity index (χ2v) is 5.85. The molecule has 0 saturated heterocycles. The van der Waals surface area contributed by atoms with Gasteiger partial charge in [-0.2, -0.15) is 0 Å². The summed E-state index contributed by atoms with van der Waals surface area (Å²) < 4.78 is 10.7. The van der Waals surface area contributed by atoms with E-state index in [0.29, 0.717) is 22.2 Å². The van der Waals surface area contributed by atoms with Crippen molar-refractivity contribution in [3.8, 4) is 22.1 Å². The molecule has 0 aliphatic heterocycles. The Morgan fingerprint density at radius 2 is 2.08 bits per heavy atom. The first-order chi connectivity index (χ1) is 11.5. The molecule has 7 nitrogen and oxygen atoms in total. The minimum absolute atomic E-state index is 0.0143. The molecule has 24 heavy (non-hydrogen) atoms. The summed E-state index contributed by atoms with van der Waals surface area (Å²) >= 11 is 1.38. The van der Waals surface area contributed by atoms with Crippen LogP contribution < -0.4 is 14.8 Å². The number of aliphatic carboxylic acids is 1. The number of nitrogens with zero attached hydrogens (tertiary/aromatic N) is 1. The van der Waals surface area contributed by atoms with Crippen molar-refractivity contribution < 1.29 is 24.2 Å². The molecule has 8 heteroatoms. The lowest BCUT2D eigenvalue weighted by Crippen LogP contribution is -2.39. The molecule has 1 aromatic heterocycles. The van der Waals surface area contributed by atoms with E-state index < -0.39 is 12.0 Å². The van der Waals surface area contributed by atoms with Gasteiger partial charge in [0, 0.05) is 5.38 Å². The van der Waals surface area contributed by atoms with Gasteiger partial charge in [0.15, 0.2) is 11.5 Å². The zero-order valence-corrected chi connectivity index (χ0v) is 14.3. The number of carboxylic acid groups (broad SMARTS) is 1. The van der Waals surface area contributed by atoms with Crippen LogP contribution in [0.2, 0.25) is 0 Å². The molecule has 0 bridgehead atoms. The molecular weight excluding hydrogens is 332 g/mol. The number of carbonyl (C=O) groups excluding carboxylic acids is 1. The summed E-state index contributed by atoms with van der Waals surface area (Å²) in [5.74, 6) is -0.299. The minimum atomic E-state index is -1.08. The second kappa shape index (κ2) is 7.78. The number of rotatable bonds is 7. The number of para-hydroxylation sites is 1. The van der Waals surface area contributed by atoms with Crippen molar-refractivity contribution in [2.75, 3.05) is 14.2 Å². The molecule has 2 N–H and O–H groups in total. The van der Waals surface area contributed by atoms with Crippen LogP contribution in [0.15, 0.2) is 23.6 Å². The van der Waals surface area contributed by atoms with Gasteiger partial charge < -0.3 is 19.9 Å².